The summed E-state index contributed by atoms with van der Waals surface area (Å²) in [7, 11) is 1.64. The van der Waals surface area contributed by atoms with Crippen molar-refractivity contribution in [2.24, 2.45) is 0 Å². The molecule has 8 nitrogen and oxygen atoms in total. The first-order chi connectivity index (χ1) is 13.7. The first-order valence-electron chi connectivity index (χ1n) is 9.30. The molecule has 0 aliphatic carbocycles. The standard InChI is InChI=1S/C19H26ClN5O3/c1-27-9-8-25-14-15(12-22-25)23-19(26)21-13-18(24-6-10-28-11-7-24)16-4-2-3-5-17(16)20/h2-5,12,14,18H,6-11,13H2,1H3,(H2,21,23,26). The summed E-state index contributed by atoms with van der Waals surface area (Å²) in [4.78, 5) is 14.7. The molecule has 0 saturated carbocycles. The number of rotatable bonds is 8. The number of ether oxygens (including phenoxy) is 2. The van der Waals surface area contributed by atoms with Gasteiger partial charge in [-0.3, -0.25) is 9.58 Å². The molecule has 1 aliphatic rings. The van der Waals surface area contributed by atoms with Crippen molar-refractivity contribution < 1.29 is 14.3 Å². The van der Waals surface area contributed by atoms with Gasteiger partial charge in [0.1, 0.15) is 0 Å². The van der Waals surface area contributed by atoms with Crippen LogP contribution in [0, 0.1) is 0 Å². The van der Waals surface area contributed by atoms with E-state index in [4.69, 9.17) is 21.1 Å². The Balaban J connectivity index is 1.60. The molecule has 152 valence electrons. The number of benzene rings is 1. The third kappa shape index (κ3) is 5.68. The molecule has 2 amide bonds. The summed E-state index contributed by atoms with van der Waals surface area (Å²) in [6, 6.07) is 7.44. The average Bonchev–Trinajstić information content (AvgIpc) is 3.16. The smallest absolute Gasteiger partial charge is 0.319 e. The summed E-state index contributed by atoms with van der Waals surface area (Å²) in [5.41, 5.74) is 1.63. The minimum atomic E-state index is -0.281. The number of nitrogens with one attached hydrogen (secondary N) is 2. The molecule has 28 heavy (non-hydrogen) atoms. The van der Waals surface area contributed by atoms with Crippen LogP contribution in [-0.2, 0) is 16.0 Å². The fourth-order valence-corrected chi connectivity index (χ4v) is 3.43. The van der Waals surface area contributed by atoms with Crippen LogP contribution in [0.1, 0.15) is 11.6 Å². The SMILES string of the molecule is COCCn1cc(NC(=O)NCC(c2ccccc2Cl)N2CCOCC2)cn1. The van der Waals surface area contributed by atoms with Crippen LogP contribution in [-0.4, -0.2) is 67.3 Å². The number of carbonyl (C=O) groups excluding carboxylic acids is 1. The second kappa shape index (κ2) is 10.4. The van der Waals surface area contributed by atoms with E-state index in [-0.39, 0.29) is 12.1 Å². The van der Waals surface area contributed by atoms with Crippen molar-refractivity contribution in [1.29, 1.82) is 0 Å². The van der Waals surface area contributed by atoms with Gasteiger partial charge in [-0.1, -0.05) is 29.8 Å². The van der Waals surface area contributed by atoms with Gasteiger partial charge in [0.15, 0.2) is 0 Å². The van der Waals surface area contributed by atoms with Gasteiger partial charge < -0.3 is 20.1 Å². The molecule has 0 bridgehead atoms. The predicted molar refractivity (Wildman–Crippen MR) is 108 cm³/mol. The van der Waals surface area contributed by atoms with Crippen molar-refractivity contribution in [2.45, 2.75) is 12.6 Å². The summed E-state index contributed by atoms with van der Waals surface area (Å²) in [5, 5.41) is 10.7. The van der Waals surface area contributed by atoms with E-state index in [1.165, 1.54) is 0 Å². The number of amides is 2. The molecule has 2 N–H and O–H groups in total. The third-order valence-corrected chi connectivity index (χ3v) is 4.97. The second-order valence-electron chi connectivity index (χ2n) is 6.51. The van der Waals surface area contributed by atoms with E-state index >= 15 is 0 Å². The summed E-state index contributed by atoms with van der Waals surface area (Å²) < 4.78 is 12.2. The van der Waals surface area contributed by atoms with E-state index in [0.29, 0.717) is 43.6 Å². The Labute approximate surface area is 169 Å². The van der Waals surface area contributed by atoms with E-state index in [1.54, 1.807) is 24.2 Å². The lowest BCUT2D eigenvalue weighted by Gasteiger charge is -2.35. The highest BCUT2D eigenvalue weighted by molar-refractivity contribution is 6.31. The topological polar surface area (TPSA) is 80.7 Å². The molecular weight excluding hydrogens is 382 g/mol. The monoisotopic (exact) mass is 407 g/mol. The van der Waals surface area contributed by atoms with Crippen molar-refractivity contribution in [3.05, 3.63) is 47.2 Å². The van der Waals surface area contributed by atoms with Gasteiger partial charge >= 0.3 is 6.03 Å². The minimum absolute atomic E-state index is 0.0206. The first kappa shape index (κ1) is 20.6. The number of methoxy groups -OCH3 is 1. The van der Waals surface area contributed by atoms with Crippen LogP contribution < -0.4 is 10.6 Å². The van der Waals surface area contributed by atoms with Crippen molar-refractivity contribution >= 4 is 23.3 Å². The summed E-state index contributed by atoms with van der Waals surface area (Å²) in [6.07, 6.45) is 3.38. The average molecular weight is 408 g/mol. The molecule has 1 aliphatic heterocycles. The maximum atomic E-state index is 12.4. The number of hydrogen-bond donors (Lipinski definition) is 2. The number of carbonyl (C=O) groups is 1. The molecule has 9 heteroatoms. The number of nitrogens with zero attached hydrogens (tertiary/aromatic N) is 3. The Hall–Kier alpha value is -2.13. The molecule has 1 aromatic carbocycles. The molecule has 0 spiro atoms. The zero-order valence-corrected chi connectivity index (χ0v) is 16.7. The van der Waals surface area contributed by atoms with Crippen LogP contribution in [0.2, 0.25) is 5.02 Å². The van der Waals surface area contributed by atoms with Gasteiger partial charge in [-0.25, -0.2) is 4.79 Å². The van der Waals surface area contributed by atoms with Crippen molar-refractivity contribution in [1.82, 2.24) is 20.0 Å². The highest BCUT2D eigenvalue weighted by Gasteiger charge is 2.24. The normalized spacial score (nSPS) is 15.9. The molecule has 2 heterocycles. The number of hydrogen-bond acceptors (Lipinski definition) is 5. The van der Waals surface area contributed by atoms with Crippen LogP contribution in [0.3, 0.4) is 0 Å². The fourth-order valence-electron chi connectivity index (χ4n) is 3.17. The quantitative estimate of drug-likeness (QED) is 0.702. The molecule has 0 radical (unpaired) electrons. The molecule has 1 atom stereocenters. The highest BCUT2D eigenvalue weighted by Crippen LogP contribution is 2.27. The molecule has 1 fully saturated rings. The lowest BCUT2D eigenvalue weighted by molar-refractivity contribution is 0.0168. The molecule has 2 aromatic rings. The number of halogens is 1. The first-order valence-corrected chi connectivity index (χ1v) is 9.67. The van der Waals surface area contributed by atoms with Gasteiger partial charge in [-0.2, -0.15) is 5.10 Å². The van der Waals surface area contributed by atoms with Crippen molar-refractivity contribution in [3.8, 4) is 0 Å². The lowest BCUT2D eigenvalue weighted by Crippen LogP contribution is -2.44. The van der Waals surface area contributed by atoms with Gasteiger partial charge in [0.05, 0.1) is 44.3 Å². The van der Waals surface area contributed by atoms with Gasteiger partial charge in [0.25, 0.3) is 0 Å². The van der Waals surface area contributed by atoms with Crippen molar-refractivity contribution in [3.63, 3.8) is 0 Å². The van der Waals surface area contributed by atoms with E-state index in [0.717, 1.165) is 18.7 Å². The molecular formula is C19H26ClN5O3. The van der Waals surface area contributed by atoms with Crippen LogP contribution in [0.4, 0.5) is 10.5 Å². The van der Waals surface area contributed by atoms with Crippen molar-refractivity contribution in [2.75, 3.05) is 51.9 Å². The largest absolute Gasteiger partial charge is 0.383 e. The Morgan fingerprint density at radius 1 is 1.36 bits per heavy atom. The van der Waals surface area contributed by atoms with Gasteiger partial charge in [0, 0.05) is 38.0 Å². The zero-order valence-electron chi connectivity index (χ0n) is 15.9. The van der Waals surface area contributed by atoms with Gasteiger partial charge in [0.2, 0.25) is 0 Å². The van der Waals surface area contributed by atoms with Crippen LogP contribution in [0.25, 0.3) is 0 Å². The maximum Gasteiger partial charge on any atom is 0.319 e. The number of anilines is 1. The van der Waals surface area contributed by atoms with Crippen LogP contribution in [0.5, 0.6) is 0 Å². The van der Waals surface area contributed by atoms with E-state index in [1.807, 2.05) is 24.3 Å². The van der Waals surface area contributed by atoms with Crippen LogP contribution >= 0.6 is 11.6 Å². The number of urea groups is 1. The molecule has 1 saturated heterocycles. The molecule has 1 aromatic heterocycles. The Kier molecular flexibility index (Phi) is 7.67. The van der Waals surface area contributed by atoms with E-state index < -0.39 is 0 Å². The summed E-state index contributed by atoms with van der Waals surface area (Å²) >= 11 is 6.42. The molecule has 3 rings (SSSR count). The third-order valence-electron chi connectivity index (χ3n) is 4.62. The Bertz CT molecular complexity index is 764. The highest BCUT2D eigenvalue weighted by atomic mass is 35.5. The second-order valence-corrected chi connectivity index (χ2v) is 6.91. The van der Waals surface area contributed by atoms with E-state index in [2.05, 4.69) is 20.6 Å². The maximum absolute atomic E-state index is 12.4. The van der Waals surface area contributed by atoms with Crippen LogP contribution in [0.15, 0.2) is 36.7 Å². The number of aromatic nitrogens is 2. The lowest BCUT2D eigenvalue weighted by atomic mass is 10.0. The summed E-state index contributed by atoms with van der Waals surface area (Å²) in [6.45, 7) is 4.57. The Morgan fingerprint density at radius 2 is 2.14 bits per heavy atom. The zero-order chi connectivity index (χ0) is 19.8. The van der Waals surface area contributed by atoms with Gasteiger partial charge in [-0.05, 0) is 11.6 Å². The van der Waals surface area contributed by atoms with E-state index in [9.17, 15) is 4.79 Å². The predicted octanol–water partition coefficient (Wildman–Crippen LogP) is 2.38. The Morgan fingerprint density at radius 3 is 2.89 bits per heavy atom. The fraction of sp³-hybridized carbons (Fsp3) is 0.474. The number of morpholine rings is 1. The minimum Gasteiger partial charge on any atom is -0.383 e. The summed E-state index contributed by atoms with van der Waals surface area (Å²) in [5.74, 6) is 0. The van der Waals surface area contributed by atoms with Gasteiger partial charge in [-0.15, -0.1) is 0 Å². The molecule has 1 unspecified atom stereocenters.